The van der Waals surface area contributed by atoms with E-state index in [1.807, 2.05) is 60.7 Å². The number of thioether (sulfide) groups is 1. The van der Waals surface area contributed by atoms with Gasteiger partial charge >= 0.3 is 18.0 Å². The molecule has 2 aromatic carbocycles. The van der Waals surface area contributed by atoms with Crippen molar-refractivity contribution in [2.24, 2.45) is 5.73 Å². The van der Waals surface area contributed by atoms with E-state index in [1.165, 1.54) is 22.7 Å². The summed E-state index contributed by atoms with van der Waals surface area (Å²) in [6.07, 6.45) is -0.211. The van der Waals surface area contributed by atoms with Crippen molar-refractivity contribution in [1.82, 2.24) is 10.2 Å². The van der Waals surface area contributed by atoms with Crippen LogP contribution in [0.15, 0.2) is 84.6 Å². The van der Waals surface area contributed by atoms with E-state index in [1.54, 1.807) is 20.8 Å². The number of esters is 2. The van der Waals surface area contributed by atoms with Gasteiger partial charge in [0.05, 0.1) is 0 Å². The van der Waals surface area contributed by atoms with Crippen LogP contribution >= 0.6 is 11.8 Å². The molecule has 4 rings (SSSR count). The van der Waals surface area contributed by atoms with Crippen LogP contribution < -0.4 is 11.1 Å². The van der Waals surface area contributed by atoms with Gasteiger partial charge < -0.3 is 25.3 Å². The van der Waals surface area contributed by atoms with Crippen LogP contribution in [0.5, 0.6) is 0 Å². The summed E-state index contributed by atoms with van der Waals surface area (Å²) in [4.78, 5) is 53.2. The van der Waals surface area contributed by atoms with E-state index in [0.29, 0.717) is 22.5 Å². The van der Waals surface area contributed by atoms with Gasteiger partial charge in [0.15, 0.2) is 12.1 Å². The lowest BCUT2D eigenvalue weighted by Gasteiger charge is -2.48. The van der Waals surface area contributed by atoms with E-state index >= 15 is 0 Å². The molecule has 0 aromatic heterocycles. The van der Waals surface area contributed by atoms with Crippen molar-refractivity contribution >= 4 is 35.7 Å². The summed E-state index contributed by atoms with van der Waals surface area (Å²) in [6.45, 7) is 8.19. The highest BCUT2D eigenvalue weighted by Gasteiger charge is 2.51. The molecule has 0 radical (unpaired) electrons. The molecule has 11 heteroatoms. The van der Waals surface area contributed by atoms with Gasteiger partial charge in [-0.2, -0.15) is 0 Å². The first-order valence-corrected chi connectivity index (χ1v) is 14.1. The van der Waals surface area contributed by atoms with E-state index in [-0.39, 0.29) is 5.70 Å². The maximum absolute atomic E-state index is 13.5. The minimum absolute atomic E-state index is 0.0197. The smallest absolute Gasteiger partial charge is 0.408 e. The van der Waals surface area contributed by atoms with E-state index in [2.05, 4.69) is 11.9 Å². The fraction of sp³-hybridized carbons (Fsp3) is 0.333. The van der Waals surface area contributed by atoms with Crippen molar-refractivity contribution < 1.29 is 33.4 Å². The Morgan fingerprint density at radius 2 is 1.68 bits per heavy atom. The number of β-lactam (4-membered cyclic amide) rings is 1. The van der Waals surface area contributed by atoms with Crippen LogP contribution in [0.2, 0.25) is 0 Å². The Hall–Kier alpha value is -4.09. The number of nitrogens with one attached hydrogen (secondary N) is 1. The fourth-order valence-electron chi connectivity index (χ4n) is 4.31. The number of carbonyl (C=O) groups is 4. The largest absolute Gasteiger partial charge is 0.458 e. The number of rotatable bonds is 9. The monoisotopic (exact) mass is 579 g/mol. The fourth-order valence-corrected chi connectivity index (χ4v) is 5.60. The number of hydrogen-bond donors (Lipinski definition) is 2. The number of alkyl carbamates (subject to hydrolysis) is 1. The average molecular weight is 580 g/mol. The number of fused-ring (bicyclic) bond motifs is 1. The number of carbonyl (C=O) groups excluding carboxylic acids is 4. The van der Waals surface area contributed by atoms with Crippen molar-refractivity contribution in [1.29, 1.82) is 0 Å². The lowest BCUT2D eigenvalue weighted by molar-refractivity contribution is -0.156. The van der Waals surface area contributed by atoms with E-state index in [9.17, 15) is 19.2 Å². The van der Waals surface area contributed by atoms with Gasteiger partial charge in [-0.15, -0.1) is 11.8 Å². The molecular weight excluding hydrogens is 546 g/mol. The molecule has 1 saturated heterocycles. The first-order valence-electron chi connectivity index (χ1n) is 13.0. The van der Waals surface area contributed by atoms with Crippen molar-refractivity contribution in [3.8, 4) is 0 Å². The molecular formula is C30H33N3O7S. The topological polar surface area (TPSA) is 137 Å². The lowest BCUT2D eigenvalue weighted by atomic mass is 10.0. The SMILES string of the molecule is C=CC1=C(C(=O)OCC(NC(=O)OC(C)(C)C)C(=O)OC(c2ccccc2)c2ccccc2)N2C(=O)C(N)[C@@H]2SC1. The summed E-state index contributed by atoms with van der Waals surface area (Å²) in [5.41, 5.74) is 6.99. The molecule has 3 atom stereocenters. The minimum Gasteiger partial charge on any atom is -0.458 e. The highest BCUT2D eigenvalue weighted by molar-refractivity contribution is 8.00. The molecule has 0 spiro atoms. The molecule has 10 nitrogen and oxygen atoms in total. The second-order valence-corrected chi connectivity index (χ2v) is 11.6. The summed E-state index contributed by atoms with van der Waals surface area (Å²) in [5, 5.41) is 2.06. The third-order valence-corrected chi connectivity index (χ3v) is 7.60. The Balaban J connectivity index is 1.56. The number of nitrogens with two attached hydrogens (primary N) is 1. The molecule has 2 unspecified atom stereocenters. The molecule has 1 fully saturated rings. The Bertz CT molecular complexity index is 1300. The Morgan fingerprint density at radius 1 is 1.10 bits per heavy atom. The summed E-state index contributed by atoms with van der Waals surface area (Å²) in [6, 6.07) is 16.1. The second-order valence-electron chi connectivity index (χ2n) is 10.4. The number of ether oxygens (including phenoxy) is 3. The van der Waals surface area contributed by atoms with Gasteiger partial charge in [-0.25, -0.2) is 14.4 Å². The molecule has 216 valence electrons. The van der Waals surface area contributed by atoms with Gasteiger partial charge in [-0.3, -0.25) is 9.69 Å². The van der Waals surface area contributed by atoms with Gasteiger partial charge in [0.25, 0.3) is 0 Å². The molecule has 3 N–H and O–H groups in total. The first-order chi connectivity index (χ1) is 19.5. The lowest BCUT2D eigenvalue weighted by Crippen LogP contribution is -2.68. The molecule has 2 amide bonds. The maximum Gasteiger partial charge on any atom is 0.408 e. The van der Waals surface area contributed by atoms with Crippen LogP contribution in [0.3, 0.4) is 0 Å². The Labute approximate surface area is 242 Å². The normalized spacial score (nSPS) is 19.0. The molecule has 0 bridgehead atoms. The molecule has 2 heterocycles. The van der Waals surface area contributed by atoms with Crippen LogP contribution in [0.4, 0.5) is 4.79 Å². The van der Waals surface area contributed by atoms with E-state index in [4.69, 9.17) is 19.9 Å². The number of hydrogen-bond acceptors (Lipinski definition) is 9. The van der Waals surface area contributed by atoms with Gasteiger partial charge in [0.1, 0.15) is 29.3 Å². The van der Waals surface area contributed by atoms with E-state index < -0.39 is 59.7 Å². The molecule has 2 aliphatic rings. The predicted molar refractivity (Wildman–Crippen MR) is 153 cm³/mol. The van der Waals surface area contributed by atoms with Crippen LogP contribution in [0, 0.1) is 0 Å². The van der Waals surface area contributed by atoms with Crippen LogP contribution in [-0.2, 0) is 28.6 Å². The molecule has 2 aliphatic heterocycles. The van der Waals surface area contributed by atoms with Gasteiger partial charge in [0.2, 0.25) is 5.91 Å². The quantitative estimate of drug-likeness (QED) is 0.260. The number of benzene rings is 2. The van der Waals surface area contributed by atoms with Crippen LogP contribution in [0.25, 0.3) is 0 Å². The molecule has 0 saturated carbocycles. The summed E-state index contributed by atoms with van der Waals surface area (Å²) < 4.78 is 16.7. The zero-order valence-corrected chi connectivity index (χ0v) is 23.9. The van der Waals surface area contributed by atoms with Crippen molar-refractivity contribution in [3.63, 3.8) is 0 Å². The van der Waals surface area contributed by atoms with Crippen molar-refractivity contribution in [3.05, 3.63) is 95.7 Å². The summed E-state index contributed by atoms with van der Waals surface area (Å²) >= 11 is 1.42. The third-order valence-electron chi connectivity index (χ3n) is 6.27. The Morgan fingerprint density at radius 3 is 2.22 bits per heavy atom. The minimum atomic E-state index is -1.42. The Kier molecular flexibility index (Phi) is 9.19. The first kappa shape index (κ1) is 29.9. The molecule has 0 aliphatic carbocycles. The second kappa shape index (κ2) is 12.6. The van der Waals surface area contributed by atoms with Gasteiger partial charge in [-0.05, 0) is 37.5 Å². The van der Waals surface area contributed by atoms with Crippen molar-refractivity contribution in [2.75, 3.05) is 12.4 Å². The average Bonchev–Trinajstić information content (AvgIpc) is 2.96. The number of allylic oxidation sites excluding steroid dienone is 1. The standard InChI is InChI=1S/C30H33N3O7S/c1-5-18-17-41-26-22(31)25(34)33(26)23(18)28(36)38-16-21(32-29(37)40-30(2,3)4)27(35)39-24(19-12-8-6-9-13-19)20-14-10-7-11-15-20/h5-15,21-22,24,26H,1,16-17,31H2,2-4H3,(H,32,37)/t21?,22?,26-/m0/s1. The summed E-state index contributed by atoms with van der Waals surface area (Å²) in [5.74, 6) is -1.70. The summed E-state index contributed by atoms with van der Waals surface area (Å²) in [7, 11) is 0. The highest BCUT2D eigenvalue weighted by Crippen LogP contribution is 2.40. The van der Waals surface area contributed by atoms with Crippen molar-refractivity contribution in [2.45, 2.75) is 49.9 Å². The zero-order valence-electron chi connectivity index (χ0n) is 23.1. The van der Waals surface area contributed by atoms with Crippen LogP contribution in [-0.4, -0.2) is 64.3 Å². The van der Waals surface area contributed by atoms with Gasteiger partial charge in [-0.1, -0.05) is 73.3 Å². The third kappa shape index (κ3) is 6.98. The van der Waals surface area contributed by atoms with Crippen LogP contribution in [0.1, 0.15) is 38.0 Å². The number of nitrogens with zero attached hydrogens (tertiary/aromatic N) is 1. The molecule has 2 aromatic rings. The zero-order chi connectivity index (χ0) is 29.7. The molecule has 41 heavy (non-hydrogen) atoms. The van der Waals surface area contributed by atoms with E-state index in [0.717, 1.165) is 0 Å². The predicted octanol–water partition coefficient (Wildman–Crippen LogP) is 3.44. The highest BCUT2D eigenvalue weighted by atomic mass is 32.2. The van der Waals surface area contributed by atoms with Gasteiger partial charge in [0, 0.05) is 5.75 Å². The number of amides is 2. The maximum atomic E-state index is 13.5.